The fraction of sp³-hybridized carbons (Fsp3) is 0.600. The predicted octanol–water partition coefficient (Wildman–Crippen LogP) is 3.37. The van der Waals surface area contributed by atoms with E-state index in [4.69, 9.17) is 0 Å². The molecule has 2 rings (SSSR count). The van der Waals surface area contributed by atoms with Crippen molar-refractivity contribution in [1.29, 1.82) is 0 Å². The fourth-order valence-electron chi connectivity index (χ4n) is 2.74. The number of phenols is 1. The molecule has 1 aromatic rings. The average molecular weight is 233 g/mol. The van der Waals surface area contributed by atoms with Gasteiger partial charge in [0, 0.05) is 12.0 Å². The van der Waals surface area contributed by atoms with Crippen molar-refractivity contribution in [3.63, 3.8) is 0 Å². The summed E-state index contributed by atoms with van der Waals surface area (Å²) in [5, 5.41) is 9.86. The molecule has 0 aromatic heterocycles. The van der Waals surface area contributed by atoms with Crippen LogP contribution in [0.5, 0.6) is 5.75 Å². The molecule has 0 radical (unpaired) electrons. The Balaban J connectivity index is 2.01. The lowest BCUT2D eigenvalue weighted by molar-refractivity contribution is 0.259. The van der Waals surface area contributed by atoms with Gasteiger partial charge in [-0.05, 0) is 44.0 Å². The van der Waals surface area contributed by atoms with E-state index in [0.29, 0.717) is 17.7 Å². The highest BCUT2D eigenvalue weighted by molar-refractivity contribution is 5.39. The molecule has 1 aliphatic carbocycles. The normalized spacial score (nSPS) is 23.0. The molecule has 0 bridgehead atoms. The summed E-state index contributed by atoms with van der Waals surface area (Å²) < 4.78 is 0. The van der Waals surface area contributed by atoms with Gasteiger partial charge in [0.05, 0.1) is 0 Å². The maximum absolute atomic E-state index is 9.86. The summed E-state index contributed by atoms with van der Waals surface area (Å²) in [4.78, 5) is 2.58. The van der Waals surface area contributed by atoms with Crippen molar-refractivity contribution in [1.82, 2.24) is 4.90 Å². The molecule has 0 saturated heterocycles. The summed E-state index contributed by atoms with van der Waals surface area (Å²) >= 11 is 0. The second kappa shape index (κ2) is 5.54. The first kappa shape index (κ1) is 12.4. The van der Waals surface area contributed by atoms with E-state index in [1.54, 1.807) is 6.07 Å². The summed E-state index contributed by atoms with van der Waals surface area (Å²) in [6, 6.07) is 8.44. The van der Waals surface area contributed by atoms with Gasteiger partial charge in [-0.3, -0.25) is 4.90 Å². The van der Waals surface area contributed by atoms with Crippen LogP contribution in [0, 0.1) is 0 Å². The molecular weight excluding hydrogens is 210 g/mol. The molecule has 0 amide bonds. The van der Waals surface area contributed by atoms with Gasteiger partial charge >= 0.3 is 0 Å². The zero-order valence-electron chi connectivity index (χ0n) is 10.9. The van der Waals surface area contributed by atoms with Crippen LogP contribution in [-0.2, 0) is 0 Å². The molecule has 1 N–H and O–H groups in total. The first-order valence-corrected chi connectivity index (χ1v) is 6.79. The number of nitrogens with zero attached hydrogens (tertiary/aromatic N) is 1. The van der Waals surface area contributed by atoms with E-state index in [2.05, 4.69) is 24.8 Å². The summed E-state index contributed by atoms with van der Waals surface area (Å²) in [6.07, 6.45) is 3.63. The van der Waals surface area contributed by atoms with Gasteiger partial charge in [0.15, 0.2) is 0 Å². The van der Waals surface area contributed by atoms with Gasteiger partial charge in [0.1, 0.15) is 5.75 Å². The molecule has 0 spiro atoms. The van der Waals surface area contributed by atoms with Crippen molar-refractivity contribution in [3.05, 3.63) is 29.8 Å². The Hall–Kier alpha value is -1.02. The Bertz CT molecular complexity index is 358. The molecule has 1 aliphatic rings. The van der Waals surface area contributed by atoms with Gasteiger partial charge in [-0.2, -0.15) is 0 Å². The third-order valence-electron chi connectivity index (χ3n) is 3.58. The van der Waals surface area contributed by atoms with Crippen molar-refractivity contribution in [2.75, 3.05) is 13.1 Å². The molecule has 0 heterocycles. The molecule has 2 heteroatoms. The van der Waals surface area contributed by atoms with Gasteiger partial charge in [-0.1, -0.05) is 32.0 Å². The standard InChI is InChI=1S/C15H23NO/c1-3-9-16(10-4-2)14-11-13(14)12-7-5-6-8-15(12)17/h5-8,13-14,17H,3-4,9-11H2,1-2H3/t13-,14-/m0/s1. The SMILES string of the molecule is CCCN(CCC)[C@H]1C[C@H]1c1ccccc1O. The number of benzene rings is 1. The van der Waals surface area contributed by atoms with Gasteiger partial charge in [0.25, 0.3) is 0 Å². The lowest BCUT2D eigenvalue weighted by Crippen LogP contribution is -2.28. The number of rotatable bonds is 6. The van der Waals surface area contributed by atoms with E-state index in [-0.39, 0.29) is 0 Å². The highest BCUT2D eigenvalue weighted by atomic mass is 16.3. The Kier molecular flexibility index (Phi) is 4.06. The summed E-state index contributed by atoms with van der Waals surface area (Å²) in [7, 11) is 0. The second-order valence-corrected chi connectivity index (χ2v) is 5.00. The monoisotopic (exact) mass is 233 g/mol. The Morgan fingerprint density at radius 1 is 1.18 bits per heavy atom. The lowest BCUT2D eigenvalue weighted by Gasteiger charge is -2.21. The van der Waals surface area contributed by atoms with E-state index in [9.17, 15) is 5.11 Å². The maximum Gasteiger partial charge on any atom is 0.119 e. The summed E-state index contributed by atoms with van der Waals surface area (Å²) in [5.41, 5.74) is 1.13. The van der Waals surface area contributed by atoms with Crippen molar-refractivity contribution >= 4 is 0 Å². The minimum atomic E-state index is 0.466. The number of aromatic hydroxyl groups is 1. The lowest BCUT2D eigenvalue weighted by atomic mass is 10.1. The largest absolute Gasteiger partial charge is 0.508 e. The van der Waals surface area contributed by atoms with Crippen molar-refractivity contribution in [2.45, 2.75) is 45.1 Å². The molecular formula is C15H23NO. The minimum absolute atomic E-state index is 0.466. The van der Waals surface area contributed by atoms with Crippen molar-refractivity contribution < 1.29 is 5.11 Å². The van der Waals surface area contributed by atoms with Gasteiger partial charge in [-0.15, -0.1) is 0 Å². The van der Waals surface area contributed by atoms with Crippen LogP contribution in [0.15, 0.2) is 24.3 Å². The molecule has 1 saturated carbocycles. The number of hydrogen-bond acceptors (Lipinski definition) is 2. The van der Waals surface area contributed by atoms with Gasteiger partial charge in [0.2, 0.25) is 0 Å². The number of hydrogen-bond donors (Lipinski definition) is 1. The van der Waals surface area contributed by atoms with E-state index in [1.807, 2.05) is 12.1 Å². The molecule has 2 nitrogen and oxygen atoms in total. The van der Waals surface area contributed by atoms with Gasteiger partial charge < -0.3 is 5.11 Å². The highest BCUT2D eigenvalue weighted by Crippen LogP contribution is 2.47. The minimum Gasteiger partial charge on any atom is -0.508 e. The smallest absolute Gasteiger partial charge is 0.119 e. The fourth-order valence-corrected chi connectivity index (χ4v) is 2.74. The first-order chi connectivity index (χ1) is 8.27. The third kappa shape index (κ3) is 2.81. The van der Waals surface area contributed by atoms with Crippen LogP contribution >= 0.6 is 0 Å². The Labute approximate surface area is 104 Å². The molecule has 2 atom stereocenters. The van der Waals surface area contributed by atoms with Crippen LogP contribution in [0.4, 0.5) is 0 Å². The molecule has 1 aromatic carbocycles. The van der Waals surface area contributed by atoms with E-state index >= 15 is 0 Å². The summed E-state index contributed by atoms with van der Waals surface area (Å²) in [6.45, 7) is 6.84. The topological polar surface area (TPSA) is 23.5 Å². The molecule has 17 heavy (non-hydrogen) atoms. The van der Waals surface area contributed by atoms with E-state index in [0.717, 1.165) is 5.56 Å². The zero-order valence-corrected chi connectivity index (χ0v) is 10.9. The zero-order chi connectivity index (χ0) is 12.3. The second-order valence-electron chi connectivity index (χ2n) is 5.00. The molecule has 94 valence electrons. The quantitative estimate of drug-likeness (QED) is 0.814. The van der Waals surface area contributed by atoms with Crippen molar-refractivity contribution in [3.8, 4) is 5.75 Å². The van der Waals surface area contributed by atoms with Crippen LogP contribution in [0.3, 0.4) is 0 Å². The van der Waals surface area contributed by atoms with Crippen LogP contribution < -0.4 is 0 Å². The first-order valence-electron chi connectivity index (χ1n) is 6.79. The van der Waals surface area contributed by atoms with Crippen LogP contribution in [0.1, 0.15) is 44.6 Å². The average Bonchev–Trinajstić information content (AvgIpc) is 3.09. The van der Waals surface area contributed by atoms with Gasteiger partial charge in [-0.25, -0.2) is 0 Å². The van der Waals surface area contributed by atoms with Crippen LogP contribution in [0.25, 0.3) is 0 Å². The number of phenolic OH excluding ortho intramolecular Hbond substituents is 1. The van der Waals surface area contributed by atoms with Crippen LogP contribution in [0.2, 0.25) is 0 Å². The predicted molar refractivity (Wildman–Crippen MR) is 71.4 cm³/mol. The van der Waals surface area contributed by atoms with Crippen molar-refractivity contribution in [2.24, 2.45) is 0 Å². The third-order valence-corrected chi connectivity index (χ3v) is 3.58. The molecule has 0 aliphatic heterocycles. The Morgan fingerprint density at radius 2 is 1.82 bits per heavy atom. The summed E-state index contributed by atoms with van der Waals surface area (Å²) in [5.74, 6) is 1.02. The molecule has 0 unspecified atom stereocenters. The van der Waals surface area contributed by atoms with E-state index < -0.39 is 0 Å². The maximum atomic E-state index is 9.86. The highest BCUT2D eigenvalue weighted by Gasteiger charge is 2.43. The Morgan fingerprint density at radius 3 is 2.41 bits per heavy atom. The molecule has 1 fully saturated rings. The number of para-hydroxylation sites is 1. The van der Waals surface area contributed by atoms with E-state index in [1.165, 1.54) is 32.4 Å². The van der Waals surface area contributed by atoms with Crippen LogP contribution in [-0.4, -0.2) is 29.1 Å².